The number of anilines is 1. The SMILES string of the molecule is CC1CN(c2c(F)cccc2CN)CCCO1. The number of hydrogen-bond acceptors (Lipinski definition) is 3. The summed E-state index contributed by atoms with van der Waals surface area (Å²) < 4.78 is 19.5. The number of hydrogen-bond donors (Lipinski definition) is 1. The smallest absolute Gasteiger partial charge is 0.146 e. The van der Waals surface area contributed by atoms with Gasteiger partial charge in [-0.3, -0.25) is 0 Å². The van der Waals surface area contributed by atoms with Crippen LogP contribution in [-0.2, 0) is 11.3 Å². The van der Waals surface area contributed by atoms with E-state index in [1.54, 1.807) is 6.07 Å². The Labute approximate surface area is 101 Å². The topological polar surface area (TPSA) is 38.5 Å². The molecule has 0 bridgehead atoms. The maximum Gasteiger partial charge on any atom is 0.146 e. The van der Waals surface area contributed by atoms with Crippen LogP contribution in [0.2, 0.25) is 0 Å². The van der Waals surface area contributed by atoms with E-state index in [1.165, 1.54) is 6.07 Å². The molecule has 1 aromatic rings. The van der Waals surface area contributed by atoms with Crippen LogP contribution < -0.4 is 10.6 Å². The zero-order chi connectivity index (χ0) is 12.3. The number of benzene rings is 1. The summed E-state index contributed by atoms with van der Waals surface area (Å²) in [7, 11) is 0. The average Bonchev–Trinajstić information content (AvgIpc) is 2.53. The fourth-order valence-corrected chi connectivity index (χ4v) is 2.28. The molecule has 4 heteroatoms. The number of nitrogens with zero attached hydrogens (tertiary/aromatic N) is 1. The quantitative estimate of drug-likeness (QED) is 0.855. The van der Waals surface area contributed by atoms with Crippen molar-refractivity contribution in [2.24, 2.45) is 5.73 Å². The Kier molecular flexibility index (Phi) is 3.97. The predicted octanol–water partition coefficient (Wildman–Crippen LogP) is 1.90. The molecule has 1 aromatic carbocycles. The van der Waals surface area contributed by atoms with Crippen molar-refractivity contribution in [3.63, 3.8) is 0 Å². The second-order valence-electron chi connectivity index (χ2n) is 4.43. The Bertz CT molecular complexity index is 384. The molecule has 2 rings (SSSR count). The minimum Gasteiger partial charge on any atom is -0.377 e. The van der Waals surface area contributed by atoms with E-state index in [2.05, 4.69) is 4.90 Å². The van der Waals surface area contributed by atoms with Crippen molar-refractivity contribution in [2.45, 2.75) is 26.0 Å². The van der Waals surface area contributed by atoms with Crippen LogP contribution in [0.15, 0.2) is 18.2 Å². The Morgan fingerprint density at radius 1 is 1.53 bits per heavy atom. The highest BCUT2D eigenvalue weighted by atomic mass is 19.1. The van der Waals surface area contributed by atoms with Gasteiger partial charge in [-0.1, -0.05) is 12.1 Å². The van der Waals surface area contributed by atoms with Crippen LogP contribution in [0.4, 0.5) is 10.1 Å². The summed E-state index contributed by atoms with van der Waals surface area (Å²) in [5.74, 6) is -0.193. The van der Waals surface area contributed by atoms with Crippen molar-refractivity contribution in [1.82, 2.24) is 0 Å². The highest BCUT2D eigenvalue weighted by Crippen LogP contribution is 2.26. The lowest BCUT2D eigenvalue weighted by molar-refractivity contribution is 0.0820. The summed E-state index contributed by atoms with van der Waals surface area (Å²) in [6.45, 7) is 4.65. The van der Waals surface area contributed by atoms with Crippen LogP contribution in [0.1, 0.15) is 18.9 Å². The van der Waals surface area contributed by atoms with Gasteiger partial charge >= 0.3 is 0 Å². The third-order valence-electron chi connectivity index (χ3n) is 3.06. The summed E-state index contributed by atoms with van der Waals surface area (Å²) in [5, 5.41) is 0. The van der Waals surface area contributed by atoms with Gasteiger partial charge < -0.3 is 15.4 Å². The molecule has 0 radical (unpaired) electrons. The molecule has 1 heterocycles. The monoisotopic (exact) mass is 238 g/mol. The fraction of sp³-hybridized carbons (Fsp3) is 0.538. The van der Waals surface area contributed by atoms with Crippen LogP contribution in [0.3, 0.4) is 0 Å². The molecule has 0 aromatic heterocycles. The van der Waals surface area contributed by atoms with Gasteiger partial charge in [0.15, 0.2) is 0 Å². The number of para-hydroxylation sites is 1. The van der Waals surface area contributed by atoms with E-state index < -0.39 is 0 Å². The Morgan fingerprint density at radius 2 is 2.35 bits per heavy atom. The van der Waals surface area contributed by atoms with E-state index >= 15 is 0 Å². The number of halogens is 1. The molecule has 0 saturated carbocycles. The first kappa shape index (κ1) is 12.3. The van der Waals surface area contributed by atoms with Crippen LogP contribution in [-0.4, -0.2) is 25.8 Å². The Hall–Kier alpha value is -1.13. The first-order valence-electron chi connectivity index (χ1n) is 6.06. The predicted molar refractivity (Wildman–Crippen MR) is 66.5 cm³/mol. The van der Waals surface area contributed by atoms with Gasteiger partial charge in [0.1, 0.15) is 5.82 Å². The maximum absolute atomic E-state index is 13.9. The summed E-state index contributed by atoms with van der Waals surface area (Å²) >= 11 is 0. The largest absolute Gasteiger partial charge is 0.377 e. The fourth-order valence-electron chi connectivity index (χ4n) is 2.28. The molecule has 2 N–H and O–H groups in total. The third-order valence-corrected chi connectivity index (χ3v) is 3.06. The zero-order valence-corrected chi connectivity index (χ0v) is 10.2. The van der Waals surface area contributed by atoms with E-state index in [0.717, 1.165) is 25.1 Å². The first-order valence-corrected chi connectivity index (χ1v) is 6.06. The highest BCUT2D eigenvalue weighted by Gasteiger charge is 2.20. The van der Waals surface area contributed by atoms with Gasteiger partial charge in [0.2, 0.25) is 0 Å². The summed E-state index contributed by atoms with van der Waals surface area (Å²) in [6, 6.07) is 5.08. The lowest BCUT2D eigenvalue weighted by atomic mass is 10.1. The van der Waals surface area contributed by atoms with Crippen molar-refractivity contribution in [2.75, 3.05) is 24.6 Å². The lowest BCUT2D eigenvalue weighted by Crippen LogP contribution is -2.32. The highest BCUT2D eigenvalue weighted by molar-refractivity contribution is 5.55. The van der Waals surface area contributed by atoms with Crippen molar-refractivity contribution in [3.8, 4) is 0 Å². The van der Waals surface area contributed by atoms with Gasteiger partial charge in [-0.2, -0.15) is 0 Å². The van der Waals surface area contributed by atoms with Gasteiger partial charge in [0.25, 0.3) is 0 Å². The molecule has 0 spiro atoms. The molecule has 17 heavy (non-hydrogen) atoms. The molecule has 1 atom stereocenters. The van der Waals surface area contributed by atoms with Crippen LogP contribution in [0, 0.1) is 5.82 Å². The van der Waals surface area contributed by atoms with Gasteiger partial charge in [-0.25, -0.2) is 4.39 Å². The number of ether oxygens (including phenoxy) is 1. The van der Waals surface area contributed by atoms with E-state index in [4.69, 9.17) is 10.5 Å². The second-order valence-corrected chi connectivity index (χ2v) is 4.43. The van der Waals surface area contributed by atoms with E-state index in [1.807, 2.05) is 13.0 Å². The van der Waals surface area contributed by atoms with Crippen molar-refractivity contribution in [1.29, 1.82) is 0 Å². The normalized spacial score (nSPS) is 21.4. The van der Waals surface area contributed by atoms with Crippen LogP contribution >= 0.6 is 0 Å². The average molecular weight is 238 g/mol. The molecule has 0 aliphatic carbocycles. The molecular formula is C13H19FN2O. The lowest BCUT2D eigenvalue weighted by Gasteiger charge is -2.26. The molecule has 1 aliphatic rings. The maximum atomic E-state index is 13.9. The van der Waals surface area contributed by atoms with Gasteiger partial charge in [-0.15, -0.1) is 0 Å². The molecule has 1 fully saturated rings. The van der Waals surface area contributed by atoms with Crippen molar-refractivity contribution < 1.29 is 9.13 Å². The summed E-state index contributed by atoms with van der Waals surface area (Å²) in [6.07, 6.45) is 1.05. The summed E-state index contributed by atoms with van der Waals surface area (Å²) in [4.78, 5) is 2.05. The van der Waals surface area contributed by atoms with E-state index in [9.17, 15) is 4.39 Å². The molecule has 1 aliphatic heterocycles. The standard InChI is InChI=1S/C13H19FN2O/c1-10-9-16(6-3-7-17-10)13-11(8-15)4-2-5-12(13)14/h2,4-5,10H,3,6-9,15H2,1H3. The minimum atomic E-state index is -0.193. The van der Waals surface area contributed by atoms with Gasteiger partial charge in [0.05, 0.1) is 11.8 Å². The third kappa shape index (κ3) is 2.76. The molecule has 0 amide bonds. The number of rotatable bonds is 2. The summed E-state index contributed by atoms with van der Waals surface area (Å²) in [5.41, 5.74) is 7.18. The molecule has 1 unspecified atom stereocenters. The second kappa shape index (κ2) is 5.47. The molecule has 3 nitrogen and oxygen atoms in total. The molecular weight excluding hydrogens is 219 g/mol. The van der Waals surface area contributed by atoms with Crippen LogP contribution in [0.25, 0.3) is 0 Å². The Balaban J connectivity index is 2.31. The van der Waals surface area contributed by atoms with Crippen molar-refractivity contribution >= 4 is 5.69 Å². The van der Waals surface area contributed by atoms with Crippen LogP contribution in [0.5, 0.6) is 0 Å². The molecule has 1 saturated heterocycles. The molecule has 94 valence electrons. The van der Waals surface area contributed by atoms with Crippen molar-refractivity contribution in [3.05, 3.63) is 29.6 Å². The minimum absolute atomic E-state index is 0.128. The first-order chi connectivity index (χ1) is 8.22. The number of nitrogens with two attached hydrogens (primary N) is 1. The zero-order valence-electron chi connectivity index (χ0n) is 10.2. The van der Waals surface area contributed by atoms with Gasteiger partial charge in [-0.05, 0) is 25.0 Å². The Morgan fingerprint density at radius 3 is 3.12 bits per heavy atom. The van der Waals surface area contributed by atoms with E-state index in [0.29, 0.717) is 18.8 Å². The van der Waals surface area contributed by atoms with E-state index in [-0.39, 0.29) is 11.9 Å². The van der Waals surface area contributed by atoms with Gasteiger partial charge in [0, 0.05) is 26.2 Å².